The minimum Gasteiger partial charge on any atom is -0.392 e. The van der Waals surface area contributed by atoms with E-state index in [0.717, 1.165) is 17.7 Å². The number of hydrogen-bond acceptors (Lipinski definition) is 2. The van der Waals surface area contributed by atoms with E-state index in [1.54, 1.807) is 0 Å². The lowest BCUT2D eigenvalue weighted by Gasteiger charge is -2.18. The van der Waals surface area contributed by atoms with Gasteiger partial charge in [0.25, 0.3) is 0 Å². The van der Waals surface area contributed by atoms with Crippen LogP contribution in [0.2, 0.25) is 5.02 Å². The van der Waals surface area contributed by atoms with Crippen LogP contribution >= 0.6 is 11.6 Å². The third kappa shape index (κ3) is 4.03. The van der Waals surface area contributed by atoms with Crippen LogP contribution < -0.4 is 5.32 Å². The highest BCUT2D eigenvalue weighted by Gasteiger charge is 2.07. The zero-order chi connectivity index (χ0) is 12.1. The van der Waals surface area contributed by atoms with Crippen molar-refractivity contribution in [2.45, 2.75) is 39.8 Å². The average molecular weight is 242 g/mol. The van der Waals surface area contributed by atoms with Crippen LogP contribution in [0.4, 0.5) is 5.69 Å². The van der Waals surface area contributed by atoms with Gasteiger partial charge in [-0.1, -0.05) is 31.5 Å². The molecule has 1 aromatic carbocycles. The highest BCUT2D eigenvalue weighted by atomic mass is 35.5. The molecule has 2 N–H and O–H groups in total. The van der Waals surface area contributed by atoms with Gasteiger partial charge >= 0.3 is 0 Å². The molecule has 0 radical (unpaired) electrons. The Morgan fingerprint density at radius 3 is 2.56 bits per heavy atom. The molecule has 0 aromatic heterocycles. The van der Waals surface area contributed by atoms with E-state index in [1.807, 2.05) is 18.2 Å². The molecule has 3 heteroatoms. The van der Waals surface area contributed by atoms with Crippen LogP contribution in [0.15, 0.2) is 18.2 Å². The van der Waals surface area contributed by atoms with Gasteiger partial charge in [0.15, 0.2) is 0 Å². The molecule has 1 aromatic rings. The molecule has 0 amide bonds. The highest BCUT2D eigenvalue weighted by molar-refractivity contribution is 6.33. The van der Waals surface area contributed by atoms with Gasteiger partial charge in [0, 0.05) is 6.04 Å². The van der Waals surface area contributed by atoms with Crippen molar-refractivity contribution in [2.24, 2.45) is 5.92 Å². The van der Waals surface area contributed by atoms with E-state index in [0.29, 0.717) is 17.0 Å². The van der Waals surface area contributed by atoms with E-state index in [9.17, 15) is 0 Å². The molecular formula is C13H20ClNO. The number of benzene rings is 1. The Balaban J connectivity index is 2.71. The van der Waals surface area contributed by atoms with Gasteiger partial charge < -0.3 is 10.4 Å². The Bertz CT molecular complexity index is 339. The maximum absolute atomic E-state index is 9.06. The molecule has 1 rings (SSSR count). The Labute approximate surface area is 103 Å². The molecule has 0 heterocycles. The highest BCUT2D eigenvalue weighted by Crippen LogP contribution is 2.24. The summed E-state index contributed by atoms with van der Waals surface area (Å²) in [7, 11) is 0. The molecule has 2 nitrogen and oxygen atoms in total. The van der Waals surface area contributed by atoms with Gasteiger partial charge in [0.2, 0.25) is 0 Å². The maximum atomic E-state index is 9.06. The molecule has 0 saturated heterocycles. The number of hydrogen-bond donors (Lipinski definition) is 2. The molecule has 0 fully saturated rings. The van der Waals surface area contributed by atoms with E-state index in [4.69, 9.17) is 16.7 Å². The summed E-state index contributed by atoms with van der Waals surface area (Å²) >= 11 is 6.09. The fourth-order valence-electron chi connectivity index (χ4n) is 1.81. The summed E-state index contributed by atoms with van der Waals surface area (Å²) in [6.45, 7) is 6.58. The summed E-state index contributed by atoms with van der Waals surface area (Å²) in [5, 5.41) is 13.1. The first-order valence-electron chi connectivity index (χ1n) is 5.68. The summed E-state index contributed by atoms with van der Waals surface area (Å²) in [6.07, 6.45) is 1.10. The molecular weight excluding hydrogens is 222 g/mol. The summed E-state index contributed by atoms with van der Waals surface area (Å²) in [6, 6.07) is 5.93. The molecule has 90 valence electrons. The average Bonchev–Trinajstić information content (AvgIpc) is 2.20. The SMILES string of the molecule is CC(C)CC(C)Nc1cc(CO)ccc1Cl. The van der Waals surface area contributed by atoms with Gasteiger partial charge in [0.1, 0.15) is 0 Å². The molecule has 1 unspecified atom stereocenters. The van der Waals surface area contributed by atoms with Crippen molar-refractivity contribution in [3.8, 4) is 0 Å². The number of anilines is 1. The molecule has 1 atom stereocenters. The standard InChI is InChI=1S/C13H20ClNO/c1-9(2)6-10(3)15-13-7-11(8-16)4-5-12(13)14/h4-5,7,9-10,15-16H,6,8H2,1-3H3. The van der Waals surface area contributed by atoms with E-state index < -0.39 is 0 Å². The van der Waals surface area contributed by atoms with Crippen LogP contribution in [0.1, 0.15) is 32.8 Å². The first-order chi connectivity index (χ1) is 7.52. The summed E-state index contributed by atoms with van der Waals surface area (Å²) in [5.41, 5.74) is 1.78. The molecule has 0 aliphatic rings. The van der Waals surface area contributed by atoms with Crippen LogP contribution in [-0.2, 0) is 6.61 Å². The fraction of sp³-hybridized carbons (Fsp3) is 0.538. The van der Waals surface area contributed by atoms with E-state index in [-0.39, 0.29) is 6.61 Å². The van der Waals surface area contributed by atoms with Gasteiger partial charge in [-0.05, 0) is 37.0 Å². The zero-order valence-electron chi connectivity index (χ0n) is 10.1. The van der Waals surface area contributed by atoms with Crippen molar-refractivity contribution >= 4 is 17.3 Å². The molecule has 0 saturated carbocycles. The number of aliphatic hydroxyl groups is 1. The lowest BCUT2D eigenvalue weighted by Crippen LogP contribution is -2.17. The predicted octanol–water partition coefficient (Wildman–Crippen LogP) is 3.68. The van der Waals surface area contributed by atoms with Gasteiger partial charge in [-0.25, -0.2) is 0 Å². The van der Waals surface area contributed by atoms with Crippen molar-refractivity contribution < 1.29 is 5.11 Å². The van der Waals surface area contributed by atoms with Crippen molar-refractivity contribution in [1.29, 1.82) is 0 Å². The van der Waals surface area contributed by atoms with Crippen LogP contribution in [0.25, 0.3) is 0 Å². The second-order valence-electron chi connectivity index (χ2n) is 4.65. The smallest absolute Gasteiger partial charge is 0.0682 e. The monoisotopic (exact) mass is 241 g/mol. The van der Waals surface area contributed by atoms with Crippen LogP contribution in [0.3, 0.4) is 0 Å². The first kappa shape index (κ1) is 13.3. The molecule has 16 heavy (non-hydrogen) atoms. The van der Waals surface area contributed by atoms with Gasteiger partial charge in [0.05, 0.1) is 17.3 Å². The van der Waals surface area contributed by atoms with Crippen LogP contribution in [0.5, 0.6) is 0 Å². The lowest BCUT2D eigenvalue weighted by atomic mass is 10.0. The number of halogens is 1. The lowest BCUT2D eigenvalue weighted by molar-refractivity contribution is 0.282. The minimum atomic E-state index is 0.0460. The van der Waals surface area contributed by atoms with Gasteiger partial charge in [-0.3, -0.25) is 0 Å². The largest absolute Gasteiger partial charge is 0.392 e. The van der Waals surface area contributed by atoms with Crippen molar-refractivity contribution in [1.82, 2.24) is 0 Å². The molecule has 0 spiro atoms. The quantitative estimate of drug-likeness (QED) is 0.824. The third-order valence-corrected chi connectivity index (χ3v) is 2.77. The van der Waals surface area contributed by atoms with E-state index in [2.05, 4.69) is 26.1 Å². The molecule has 0 aliphatic carbocycles. The second-order valence-corrected chi connectivity index (χ2v) is 5.05. The van der Waals surface area contributed by atoms with E-state index in [1.165, 1.54) is 0 Å². The van der Waals surface area contributed by atoms with Crippen molar-refractivity contribution in [3.63, 3.8) is 0 Å². The summed E-state index contributed by atoms with van der Waals surface area (Å²) < 4.78 is 0. The normalized spacial score (nSPS) is 12.9. The van der Waals surface area contributed by atoms with Crippen molar-refractivity contribution in [3.05, 3.63) is 28.8 Å². The first-order valence-corrected chi connectivity index (χ1v) is 6.06. The predicted molar refractivity (Wildman–Crippen MR) is 69.9 cm³/mol. The Morgan fingerprint density at radius 1 is 1.31 bits per heavy atom. The van der Waals surface area contributed by atoms with Crippen molar-refractivity contribution in [2.75, 3.05) is 5.32 Å². The minimum absolute atomic E-state index is 0.0460. The maximum Gasteiger partial charge on any atom is 0.0682 e. The zero-order valence-corrected chi connectivity index (χ0v) is 10.9. The Hall–Kier alpha value is -0.730. The third-order valence-electron chi connectivity index (χ3n) is 2.44. The topological polar surface area (TPSA) is 32.3 Å². The van der Waals surface area contributed by atoms with Crippen LogP contribution in [0, 0.1) is 5.92 Å². The van der Waals surface area contributed by atoms with Gasteiger partial charge in [-0.2, -0.15) is 0 Å². The second kappa shape index (κ2) is 6.12. The fourth-order valence-corrected chi connectivity index (χ4v) is 1.98. The molecule has 0 aliphatic heterocycles. The summed E-state index contributed by atoms with van der Waals surface area (Å²) in [4.78, 5) is 0. The number of nitrogens with one attached hydrogen (secondary N) is 1. The molecule has 0 bridgehead atoms. The van der Waals surface area contributed by atoms with Gasteiger partial charge in [-0.15, -0.1) is 0 Å². The Morgan fingerprint density at radius 2 is 2.00 bits per heavy atom. The van der Waals surface area contributed by atoms with Crippen LogP contribution in [-0.4, -0.2) is 11.1 Å². The number of rotatable bonds is 5. The van der Waals surface area contributed by atoms with E-state index >= 15 is 0 Å². The number of aliphatic hydroxyl groups excluding tert-OH is 1. The Kier molecular flexibility index (Phi) is 5.10. The summed E-state index contributed by atoms with van der Waals surface area (Å²) in [5.74, 6) is 0.655.